The molecular weight excluding hydrogens is 306 g/mol. The fraction of sp³-hybridized carbons (Fsp3) is 0.375. The molecule has 1 fully saturated rings. The van der Waals surface area contributed by atoms with E-state index in [0.29, 0.717) is 12.6 Å². The molecule has 0 atom stereocenters. The molecular formula is C16H19N7O. The number of hydrogen-bond acceptors (Lipinski definition) is 6. The quantitative estimate of drug-likeness (QED) is 0.763. The lowest BCUT2D eigenvalue weighted by Crippen LogP contribution is -2.30. The van der Waals surface area contributed by atoms with Crippen molar-refractivity contribution in [3.8, 4) is 11.4 Å². The molecule has 1 aliphatic rings. The molecule has 2 aromatic heterocycles. The lowest BCUT2D eigenvalue weighted by molar-refractivity contribution is 0.287. The predicted molar refractivity (Wildman–Crippen MR) is 86.9 cm³/mol. The summed E-state index contributed by atoms with van der Waals surface area (Å²) in [7, 11) is 0. The van der Waals surface area contributed by atoms with E-state index in [1.54, 1.807) is 17.2 Å². The number of nitrogens with zero attached hydrogens (tertiary/aromatic N) is 6. The zero-order chi connectivity index (χ0) is 16.2. The average Bonchev–Trinajstić information content (AvgIpc) is 3.33. The van der Waals surface area contributed by atoms with Crippen molar-refractivity contribution in [1.82, 2.24) is 35.1 Å². The van der Waals surface area contributed by atoms with Gasteiger partial charge in [-0.1, -0.05) is 0 Å². The lowest BCUT2D eigenvalue weighted by atomic mass is 10.1. The highest BCUT2D eigenvalue weighted by atomic mass is 16.5. The van der Waals surface area contributed by atoms with E-state index >= 15 is 0 Å². The summed E-state index contributed by atoms with van der Waals surface area (Å²) in [4.78, 5) is 5.76. The molecule has 24 heavy (non-hydrogen) atoms. The van der Waals surface area contributed by atoms with Gasteiger partial charge in [-0.25, -0.2) is 9.67 Å². The van der Waals surface area contributed by atoms with Gasteiger partial charge in [-0.05, 0) is 50.2 Å². The van der Waals surface area contributed by atoms with Gasteiger partial charge in [0.2, 0.25) is 0 Å². The van der Waals surface area contributed by atoms with E-state index in [9.17, 15) is 0 Å². The molecule has 8 nitrogen and oxygen atoms in total. The maximum Gasteiger partial charge on any atom is 0.138 e. The highest BCUT2D eigenvalue weighted by Gasteiger charge is 2.17. The van der Waals surface area contributed by atoms with E-state index in [1.165, 1.54) is 6.33 Å². The van der Waals surface area contributed by atoms with Crippen LogP contribution in [0.3, 0.4) is 0 Å². The van der Waals surface area contributed by atoms with Crippen molar-refractivity contribution in [1.29, 1.82) is 0 Å². The van der Waals surface area contributed by atoms with E-state index in [1.807, 2.05) is 29.1 Å². The Balaban J connectivity index is 1.36. The zero-order valence-corrected chi connectivity index (χ0v) is 13.2. The number of nitrogens with one attached hydrogen (secondary N) is 1. The maximum atomic E-state index is 5.79. The predicted octanol–water partition coefficient (Wildman–Crippen LogP) is 1.36. The minimum atomic E-state index is 0.391. The van der Waals surface area contributed by atoms with Crippen LogP contribution < -0.4 is 10.1 Å². The number of rotatable bonds is 5. The molecule has 3 heterocycles. The second-order valence-electron chi connectivity index (χ2n) is 5.76. The Hall–Kier alpha value is -2.74. The van der Waals surface area contributed by atoms with Crippen molar-refractivity contribution in [2.45, 2.75) is 25.5 Å². The normalized spacial score (nSPS) is 15.5. The minimum Gasteiger partial charge on any atom is -0.487 e. The summed E-state index contributed by atoms with van der Waals surface area (Å²) in [5.41, 5.74) is 1.78. The van der Waals surface area contributed by atoms with Crippen LogP contribution in [0.15, 0.2) is 43.1 Å². The fourth-order valence-electron chi connectivity index (χ4n) is 2.78. The van der Waals surface area contributed by atoms with Crippen LogP contribution in [0.25, 0.3) is 5.69 Å². The van der Waals surface area contributed by atoms with Crippen molar-refractivity contribution >= 4 is 0 Å². The topological polar surface area (TPSA) is 82.7 Å². The van der Waals surface area contributed by atoms with E-state index in [-0.39, 0.29) is 0 Å². The van der Waals surface area contributed by atoms with Crippen molar-refractivity contribution in [3.05, 3.63) is 48.8 Å². The monoisotopic (exact) mass is 325 g/mol. The maximum absolute atomic E-state index is 5.79. The Kier molecular flexibility index (Phi) is 4.20. The van der Waals surface area contributed by atoms with E-state index < -0.39 is 0 Å². The molecule has 1 aliphatic heterocycles. The van der Waals surface area contributed by atoms with Gasteiger partial charge < -0.3 is 10.1 Å². The van der Waals surface area contributed by atoms with Gasteiger partial charge in [0.15, 0.2) is 0 Å². The standard InChI is InChI=1S/C16H19N7O/c1-3-16(4-2-14(1)22-12-18-11-20-22)24-10-13-9-19-23(21-13)15-5-7-17-8-6-15/h1-4,9,11-12,15,17H,5-8,10H2. The molecule has 0 aliphatic carbocycles. The largest absolute Gasteiger partial charge is 0.487 e. The Bertz CT molecular complexity index is 760. The van der Waals surface area contributed by atoms with Gasteiger partial charge in [0.1, 0.15) is 30.7 Å². The molecule has 0 bridgehead atoms. The van der Waals surface area contributed by atoms with Crippen molar-refractivity contribution < 1.29 is 4.74 Å². The van der Waals surface area contributed by atoms with Crippen LogP contribution in [0.4, 0.5) is 0 Å². The highest BCUT2D eigenvalue weighted by Crippen LogP contribution is 2.18. The van der Waals surface area contributed by atoms with Gasteiger partial charge in [-0.15, -0.1) is 0 Å². The first kappa shape index (κ1) is 14.8. The number of benzene rings is 1. The van der Waals surface area contributed by atoms with Crippen LogP contribution in [0.1, 0.15) is 24.6 Å². The van der Waals surface area contributed by atoms with Gasteiger partial charge >= 0.3 is 0 Å². The molecule has 4 rings (SSSR count). The van der Waals surface area contributed by atoms with Gasteiger partial charge in [-0.2, -0.15) is 20.1 Å². The van der Waals surface area contributed by atoms with E-state index in [4.69, 9.17) is 4.74 Å². The molecule has 1 aromatic carbocycles. The van der Waals surface area contributed by atoms with E-state index in [0.717, 1.165) is 43.1 Å². The minimum absolute atomic E-state index is 0.391. The molecule has 1 saturated heterocycles. The third kappa shape index (κ3) is 3.28. The molecule has 3 aromatic rings. The summed E-state index contributed by atoms with van der Waals surface area (Å²) >= 11 is 0. The summed E-state index contributed by atoms with van der Waals surface area (Å²) in [6.45, 7) is 2.46. The van der Waals surface area contributed by atoms with Crippen LogP contribution in [-0.4, -0.2) is 42.8 Å². The zero-order valence-electron chi connectivity index (χ0n) is 13.2. The molecule has 0 saturated carbocycles. The first-order valence-electron chi connectivity index (χ1n) is 8.08. The van der Waals surface area contributed by atoms with Crippen molar-refractivity contribution in [3.63, 3.8) is 0 Å². The van der Waals surface area contributed by atoms with E-state index in [2.05, 4.69) is 25.6 Å². The Morgan fingerprint density at radius 2 is 1.96 bits per heavy atom. The van der Waals surface area contributed by atoms with Gasteiger partial charge in [0.25, 0.3) is 0 Å². The lowest BCUT2D eigenvalue weighted by Gasteiger charge is -2.21. The van der Waals surface area contributed by atoms with Crippen LogP contribution in [-0.2, 0) is 6.61 Å². The fourth-order valence-corrected chi connectivity index (χ4v) is 2.78. The molecule has 0 amide bonds. The molecule has 8 heteroatoms. The average molecular weight is 325 g/mol. The second kappa shape index (κ2) is 6.79. The summed E-state index contributed by atoms with van der Waals surface area (Å²) in [6.07, 6.45) is 7.09. The van der Waals surface area contributed by atoms with Crippen LogP contribution in [0.5, 0.6) is 5.75 Å². The number of piperidine rings is 1. The second-order valence-corrected chi connectivity index (χ2v) is 5.76. The van der Waals surface area contributed by atoms with Crippen LogP contribution in [0, 0.1) is 0 Å². The third-order valence-electron chi connectivity index (χ3n) is 4.10. The van der Waals surface area contributed by atoms with Crippen molar-refractivity contribution in [2.24, 2.45) is 0 Å². The molecule has 1 N–H and O–H groups in total. The van der Waals surface area contributed by atoms with Crippen LogP contribution >= 0.6 is 0 Å². The summed E-state index contributed by atoms with van der Waals surface area (Å²) in [5, 5.41) is 16.4. The Labute approximate surface area is 139 Å². The number of aromatic nitrogens is 6. The first-order chi connectivity index (χ1) is 11.9. The highest BCUT2D eigenvalue weighted by molar-refractivity contribution is 5.36. The number of ether oxygens (including phenoxy) is 1. The SMILES string of the molecule is c1ncn(-c2ccc(OCc3cnn(C4CCNCC4)n3)cc2)n1. The molecule has 0 radical (unpaired) electrons. The van der Waals surface area contributed by atoms with Crippen LogP contribution in [0.2, 0.25) is 0 Å². The molecule has 124 valence electrons. The summed E-state index contributed by atoms with van der Waals surface area (Å²) in [6, 6.07) is 8.09. The van der Waals surface area contributed by atoms with Crippen molar-refractivity contribution in [2.75, 3.05) is 13.1 Å². The van der Waals surface area contributed by atoms with Gasteiger partial charge in [-0.3, -0.25) is 0 Å². The van der Waals surface area contributed by atoms with Gasteiger partial charge in [0.05, 0.1) is 17.9 Å². The smallest absolute Gasteiger partial charge is 0.138 e. The Morgan fingerprint density at radius 1 is 1.12 bits per heavy atom. The molecule has 0 spiro atoms. The number of hydrogen-bond donors (Lipinski definition) is 1. The first-order valence-corrected chi connectivity index (χ1v) is 8.08. The summed E-state index contributed by atoms with van der Waals surface area (Å²) < 4.78 is 7.49. The third-order valence-corrected chi connectivity index (χ3v) is 4.10. The summed E-state index contributed by atoms with van der Waals surface area (Å²) in [5.74, 6) is 0.787. The van der Waals surface area contributed by atoms with Gasteiger partial charge in [0, 0.05) is 0 Å². The Morgan fingerprint density at radius 3 is 2.71 bits per heavy atom. The molecule has 0 unspecified atom stereocenters.